The van der Waals surface area contributed by atoms with Crippen molar-refractivity contribution in [1.82, 2.24) is 10.2 Å². The second kappa shape index (κ2) is 4.70. The molecule has 0 aromatic carbocycles. The average Bonchev–Trinajstić information content (AvgIpc) is 2.45. The third-order valence-electron chi connectivity index (χ3n) is 6.38. The Morgan fingerprint density at radius 1 is 1.15 bits per heavy atom. The summed E-state index contributed by atoms with van der Waals surface area (Å²) in [6.45, 7) is 3.23. The van der Waals surface area contributed by atoms with E-state index in [9.17, 15) is 4.79 Å². The highest BCUT2D eigenvalue weighted by atomic mass is 16.2. The highest BCUT2D eigenvalue weighted by molar-refractivity contribution is 5.83. The van der Waals surface area contributed by atoms with Crippen molar-refractivity contribution in [2.75, 3.05) is 26.2 Å². The third-order valence-corrected chi connectivity index (χ3v) is 6.38. The van der Waals surface area contributed by atoms with Crippen LogP contribution in [-0.2, 0) is 4.79 Å². The summed E-state index contributed by atoms with van der Waals surface area (Å²) in [5, 5.41) is 3.37. The zero-order chi connectivity index (χ0) is 13.7. The summed E-state index contributed by atoms with van der Waals surface area (Å²) in [7, 11) is 0. The van der Waals surface area contributed by atoms with Crippen LogP contribution >= 0.6 is 0 Å². The summed E-state index contributed by atoms with van der Waals surface area (Å²) in [4.78, 5) is 15.4. The smallest absolute Gasteiger partial charge is 0.229 e. The van der Waals surface area contributed by atoms with Gasteiger partial charge in [-0.3, -0.25) is 4.79 Å². The van der Waals surface area contributed by atoms with Gasteiger partial charge in [0.25, 0.3) is 0 Å². The predicted molar refractivity (Wildman–Crippen MR) is 78.0 cm³/mol. The fourth-order valence-electron chi connectivity index (χ4n) is 5.92. The lowest BCUT2D eigenvalue weighted by molar-refractivity contribution is -0.160. The minimum Gasteiger partial charge on any atom is -0.335 e. The van der Waals surface area contributed by atoms with Crippen LogP contribution in [0.5, 0.6) is 0 Å². The van der Waals surface area contributed by atoms with E-state index in [1.165, 1.54) is 38.5 Å². The molecule has 4 bridgehead atoms. The molecule has 3 N–H and O–H groups in total. The molecule has 0 radical (unpaired) electrons. The van der Waals surface area contributed by atoms with E-state index in [-0.39, 0.29) is 11.5 Å². The Hall–Kier alpha value is -0.610. The van der Waals surface area contributed by atoms with E-state index in [0.29, 0.717) is 12.5 Å². The Morgan fingerprint density at radius 2 is 1.75 bits per heavy atom. The maximum atomic E-state index is 13.3. The summed E-state index contributed by atoms with van der Waals surface area (Å²) in [5.74, 6) is 2.96. The Bertz CT molecular complexity index is 373. The van der Waals surface area contributed by atoms with Crippen molar-refractivity contribution in [2.45, 2.75) is 44.6 Å². The van der Waals surface area contributed by atoms with Crippen molar-refractivity contribution in [3.05, 3.63) is 0 Å². The van der Waals surface area contributed by atoms with Gasteiger partial charge in [0, 0.05) is 26.2 Å². The monoisotopic (exact) mass is 277 g/mol. The van der Waals surface area contributed by atoms with E-state index in [1.54, 1.807) is 0 Å². The van der Waals surface area contributed by atoms with Crippen LogP contribution in [0.4, 0.5) is 0 Å². The molecule has 5 rings (SSSR count). The lowest BCUT2D eigenvalue weighted by atomic mass is 9.49. The summed E-state index contributed by atoms with van der Waals surface area (Å²) in [5.41, 5.74) is 5.89. The van der Waals surface area contributed by atoms with Gasteiger partial charge >= 0.3 is 0 Å². The first-order chi connectivity index (χ1) is 9.70. The molecule has 0 aromatic heterocycles. The van der Waals surface area contributed by atoms with Crippen molar-refractivity contribution >= 4 is 5.91 Å². The fourth-order valence-corrected chi connectivity index (χ4v) is 5.92. The second-order valence-electron chi connectivity index (χ2n) is 7.79. The Balaban J connectivity index is 1.58. The van der Waals surface area contributed by atoms with Gasteiger partial charge in [-0.05, 0) is 56.3 Å². The van der Waals surface area contributed by atoms with E-state index in [1.807, 2.05) is 0 Å². The number of carbonyl (C=O) groups is 1. The maximum absolute atomic E-state index is 13.3. The Kier molecular flexibility index (Phi) is 3.08. The van der Waals surface area contributed by atoms with Crippen LogP contribution in [0.15, 0.2) is 0 Å². The predicted octanol–water partition coefficient (Wildman–Crippen LogP) is 0.962. The van der Waals surface area contributed by atoms with E-state index in [0.717, 1.165) is 37.4 Å². The molecule has 4 heteroatoms. The van der Waals surface area contributed by atoms with Gasteiger partial charge in [0.2, 0.25) is 5.91 Å². The van der Waals surface area contributed by atoms with Crippen LogP contribution in [0, 0.1) is 23.2 Å². The standard InChI is InChI=1S/C16H27N3O/c17-9-14-10-18-1-2-19(14)15(20)16-6-11-3-12(7-16)5-13(4-11)8-16/h11-14,18H,1-10,17H2. The molecule has 4 saturated carbocycles. The molecule has 1 heterocycles. The molecule has 0 aromatic rings. The number of rotatable bonds is 2. The summed E-state index contributed by atoms with van der Waals surface area (Å²) < 4.78 is 0. The van der Waals surface area contributed by atoms with E-state index in [4.69, 9.17) is 5.73 Å². The molecule has 1 amide bonds. The third kappa shape index (κ3) is 1.92. The number of amides is 1. The first kappa shape index (κ1) is 13.1. The summed E-state index contributed by atoms with van der Waals surface area (Å²) >= 11 is 0. The molecular formula is C16H27N3O. The molecule has 1 aliphatic heterocycles. The maximum Gasteiger partial charge on any atom is 0.229 e. The van der Waals surface area contributed by atoms with Gasteiger partial charge in [0.15, 0.2) is 0 Å². The highest BCUT2D eigenvalue weighted by Crippen LogP contribution is 2.60. The van der Waals surface area contributed by atoms with Crippen LogP contribution in [0.3, 0.4) is 0 Å². The quantitative estimate of drug-likeness (QED) is 0.790. The zero-order valence-corrected chi connectivity index (χ0v) is 12.3. The van der Waals surface area contributed by atoms with Crippen molar-refractivity contribution in [3.63, 3.8) is 0 Å². The molecule has 4 nitrogen and oxygen atoms in total. The topological polar surface area (TPSA) is 58.4 Å². The molecule has 1 saturated heterocycles. The van der Waals surface area contributed by atoms with Crippen molar-refractivity contribution in [1.29, 1.82) is 0 Å². The van der Waals surface area contributed by atoms with Crippen LogP contribution in [0.2, 0.25) is 0 Å². The SMILES string of the molecule is NCC1CNCCN1C(=O)C12CC3CC(CC(C3)C1)C2. The number of piperazine rings is 1. The number of carbonyl (C=O) groups excluding carboxylic acids is 1. The molecule has 20 heavy (non-hydrogen) atoms. The van der Waals surface area contributed by atoms with Crippen molar-refractivity contribution in [2.24, 2.45) is 28.9 Å². The van der Waals surface area contributed by atoms with Crippen LogP contribution in [0.1, 0.15) is 38.5 Å². The highest BCUT2D eigenvalue weighted by Gasteiger charge is 2.56. The van der Waals surface area contributed by atoms with Crippen LogP contribution in [-0.4, -0.2) is 43.0 Å². The molecule has 5 fully saturated rings. The number of hydrogen-bond acceptors (Lipinski definition) is 3. The van der Waals surface area contributed by atoms with Gasteiger partial charge in [-0.2, -0.15) is 0 Å². The fraction of sp³-hybridized carbons (Fsp3) is 0.938. The van der Waals surface area contributed by atoms with Gasteiger partial charge in [0.05, 0.1) is 11.5 Å². The van der Waals surface area contributed by atoms with E-state index in [2.05, 4.69) is 10.2 Å². The largest absolute Gasteiger partial charge is 0.335 e. The second-order valence-corrected chi connectivity index (χ2v) is 7.79. The summed E-state index contributed by atoms with van der Waals surface area (Å²) in [6.07, 6.45) is 7.69. The van der Waals surface area contributed by atoms with E-state index >= 15 is 0 Å². The molecular weight excluding hydrogens is 250 g/mol. The molecule has 4 aliphatic carbocycles. The normalized spacial score (nSPS) is 46.8. The lowest BCUT2D eigenvalue weighted by Gasteiger charge is -2.57. The number of nitrogens with one attached hydrogen (secondary N) is 1. The molecule has 112 valence electrons. The number of hydrogen-bond donors (Lipinski definition) is 2. The zero-order valence-electron chi connectivity index (χ0n) is 12.3. The molecule has 5 aliphatic rings. The van der Waals surface area contributed by atoms with Crippen molar-refractivity contribution in [3.8, 4) is 0 Å². The van der Waals surface area contributed by atoms with Crippen molar-refractivity contribution < 1.29 is 4.79 Å². The van der Waals surface area contributed by atoms with Gasteiger partial charge in [-0.25, -0.2) is 0 Å². The van der Waals surface area contributed by atoms with E-state index < -0.39 is 0 Å². The van der Waals surface area contributed by atoms with Gasteiger partial charge in [-0.15, -0.1) is 0 Å². The summed E-state index contributed by atoms with van der Waals surface area (Å²) in [6, 6.07) is 0.212. The minimum atomic E-state index is -0.000486. The van der Waals surface area contributed by atoms with Gasteiger partial charge in [-0.1, -0.05) is 0 Å². The van der Waals surface area contributed by atoms with Gasteiger partial charge < -0.3 is 16.0 Å². The number of nitrogens with zero attached hydrogens (tertiary/aromatic N) is 1. The lowest BCUT2D eigenvalue weighted by Crippen LogP contribution is -2.62. The first-order valence-electron chi connectivity index (χ1n) is 8.42. The number of nitrogens with two attached hydrogens (primary N) is 1. The molecule has 1 unspecified atom stereocenters. The minimum absolute atomic E-state index is 0.000486. The van der Waals surface area contributed by atoms with Crippen LogP contribution in [0.25, 0.3) is 0 Å². The van der Waals surface area contributed by atoms with Crippen LogP contribution < -0.4 is 11.1 Å². The average molecular weight is 277 g/mol. The Morgan fingerprint density at radius 3 is 2.30 bits per heavy atom. The molecule has 1 atom stereocenters. The Labute approximate surface area is 121 Å². The first-order valence-corrected chi connectivity index (χ1v) is 8.42. The van der Waals surface area contributed by atoms with Gasteiger partial charge in [0.1, 0.15) is 0 Å². The molecule has 0 spiro atoms.